The van der Waals surface area contributed by atoms with Gasteiger partial charge in [-0.1, -0.05) is 133 Å². The summed E-state index contributed by atoms with van der Waals surface area (Å²) in [4.78, 5) is 0. The van der Waals surface area contributed by atoms with E-state index in [1.54, 1.807) is 33.4 Å². The molecule has 0 spiro atoms. The highest BCUT2D eigenvalue weighted by Crippen LogP contribution is 2.43. The first kappa shape index (κ1) is 18.8. The van der Waals surface area contributed by atoms with E-state index in [-0.39, 0.29) is 79.9 Å². The molecule has 11 aromatic rings. The van der Waals surface area contributed by atoms with Crippen molar-refractivity contribution in [3.63, 3.8) is 0 Å². The number of fused-ring (bicyclic) bond motifs is 13. The van der Waals surface area contributed by atoms with Crippen LogP contribution in [0.2, 0.25) is 0 Å². The fourth-order valence-electron chi connectivity index (χ4n) is 7.77. The second-order valence-corrected chi connectivity index (χ2v) is 12.5. The molecule has 232 valence electrons. The molecule has 0 radical (unpaired) electrons. The zero-order chi connectivity index (χ0) is 42.3. The molecule has 0 fully saturated rings. The molecule has 0 amide bonds. The van der Waals surface area contributed by atoms with Gasteiger partial charge in [-0.05, 0) is 91.9 Å². The molecule has 0 aliphatic heterocycles. The summed E-state index contributed by atoms with van der Waals surface area (Å²) in [6.07, 6.45) is 0. The Kier molecular flexibility index (Phi) is 3.92. The lowest BCUT2D eigenvalue weighted by Gasteiger charge is -2.14. The molecule has 0 unspecified atom stereocenters. The molecule has 0 saturated heterocycles. The van der Waals surface area contributed by atoms with Crippen LogP contribution in [0.5, 0.6) is 0 Å². The van der Waals surface area contributed by atoms with Gasteiger partial charge in [0.25, 0.3) is 0 Å². The Balaban J connectivity index is 1.34. The van der Waals surface area contributed by atoms with Crippen LogP contribution in [0.4, 0.5) is 0 Å². The number of para-hydroxylation sites is 2. The Morgan fingerprint density at radius 3 is 1.36 bits per heavy atom. The van der Waals surface area contributed by atoms with E-state index in [0.717, 1.165) is 43.4 Å². The number of hydrogen-bond donors (Lipinski definition) is 0. The molecule has 0 atom stereocenters. The normalized spacial score (nSPS) is 15.1. The first-order chi connectivity index (χ1) is 29.4. The van der Waals surface area contributed by atoms with Crippen LogP contribution in [-0.4, -0.2) is 9.13 Å². The van der Waals surface area contributed by atoms with Crippen LogP contribution in [0.25, 0.3) is 98.4 Å². The number of nitrogens with zero attached hydrogens (tertiary/aromatic N) is 2. The summed E-state index contributed by atoms with van der Waals surface area (Å²) in [5.74, 6) is 0. The third kappa shape index (κ3) is 3.79. The maximum Gasteiger partial charge on any atom is 0.0646 e. The van der Waals surface area contributed by atoms with Gasteiger partial charge >= 0.3 is 0 Å². The van der Waals surface area contributed by atoms with Gasteiger partial charge in [0, 0.05) is 32.9 Å². The van der Waals surface area contributed by atoms with Crippen LogP contribution in [0, 0.1) is 0 Å². The minimum Gasteiger partial charge on any atom is -0.309 e. The fourth-order valence-corrected chi connectivity index (χ4v) is 7.77. The lowest BCUT2D eigenvalue weighted by molar-refractivity contribution is 1.17. The average Bonchev–Trinajstić information content (AvgIpc) is 3.83. The van der Waals surface area contributed by atoms with Crippen molar-refractivity contribution in [2.45, 2.75) is 0 Å². The van der Waals surface area contributed by atoms with Gasteiger partial charge < -0.3 is 9.13 Å². The van der Waals surface area contributed by atoms with Crippen molar-refractivity contribution in [3.8, 4) is 22.5 Å². The standard InChI is InChI=1S/C48H30N2/c1-2-12-31(13-3-1)32-22-24-33(25-23-32)49-43-20-10-8-18-40(43)47-45(49)28-29-46-48(47)41-19-9-11-21-44(41)50(46)34-26-27-39-37-16-5-4-14-35(37)36-15-6-7-17-38(36)42(39)30-34/h1-30H/i1D,8D,9D,10D,11D,18D,19D,20D,21D,28D,29D. The SMILES string of the molecule is [2H]c1ccc(-c2ccc(-n3c4c([2H])c([2H])c([2H])c([2H])c4c4c5c6c([2H])c([2H])c([2H])c([2H])c6n(-c6ccc7c8ccccc8c8ccccc8c7c6)c5c([2H])c([2H])c43)cc2)cc1. The van der Waals surface area contributed by atoms with Crippen LogP contribution < -0.4 is 0 Å². The second-order valence-electron chi connectivity index (χ2n) is 12.5. The van der Waals surface area contributed by atoms with Crippen molar-refractivity contribution >= 4 is 75.9 Å². The minimum atomic E-state index is -0.501. The molecule has 9 aromatic carbocycles. The van der Waals surface area contributed by atoms with Crippen LogP contribution in [0.15, 0.2) is 182 Å². The van der Waals surface area contributed by atoms with Gasteiger partial charge in [-0.3, -0.25) is 0 Å². The lowest BCUT2D eigenvalue weighted by atomic mass is 9.94. The fraction of sp³-hybridized carbons (Fsp3) is 0. The summed E-state index contributed by atoms with van der Waals surface area (Å²) in [7, 11) is 0. The first-order valence-electron chi connectivity index (χ1n) is 21.9. The van der Waals surface area contributed by atoms with E-state index >= 15 is 0 Å². The second kappa shape index (κ2) is 10.4. The molecule has 0 bridgehead atoms. The Morgan fingerprint density at radius 2 is 0.780 bits per heavy atom. The summed E-state index contributed by atoms with van der Waals surface area (Å²) < 4.78 is 103. The van der Waals surface area contributed by atoms with E-state index in [0.29, 0.717) is 17.4 Å². The zero-order valence-corrected chi connectivity index (χ0v) is 26.4. The van der Waals surface area contributed by atoms with Crippen LogP contribution in [0.3, 0.4) is 0 Å². The Hall–Kier alpha value is -6.64. The molecule has 2 heterocycles. The van der Waals surface area contributed by atoms with Crippen molar-refractivity contribution in [1.82, 2.24) is 9.13 Å². The summed E-state index contributed by atoms with van der Waals surface area (Å²) in [5, 5.41) is 6.46. The number of rotatable bonds is 3. The smallest absolute Gasteiger partial charge is 0.0646 e. The van der Waals surface area contributed by atoms with Crippen LogP contribution in [0.1, 0.15) is 15.1 Å². The molecule has 0 aliphatic rings. The van der Waals surface area contributed by atoms with Gasteiger partial charge in [0.15, 0.2) is 0 Å². The van der Waals surface area contributed by atoms with Crippen molar-refractivity contribution in [3.05, 3.63) is 182 Å². The Morgan fingerprint density at radius 1 is 0.320 bits per heavy atom. The van der Waals surface area contributed by atoms with Crippen molar-refractivity contribution in [1.29, 1.82) is 0 Å². The van der Waals surface area contributed by atoms with E-state index in [2.05, 4.69) is 18.2 Å². The predicted molar refractivity (Wildman–Crippen MR) is 213 cm³/mol. The topological polar surface area (TPSA) is 9.86 Å². The van der Waals surface area contributed by atoms with Gasteiger partial charge in [-0.15, -0.1) is 0 Å². The van der Waals surface area contributed by atoms with Crippen LogP contribution >= 0.6 is 0 Å². The van der Waals surface area contributed by atoms with Crippen LogP contribution in [-0.2, 0) is 0 Å². The summed E-state index contributed by atoms with van der Waals surface area (Å²) in [5.41, 5.74) is 3.00. The molecule has 11 rings (SSSR count). The maximum atomic E-state index is 9.81. The quantitative estimate of drug-likeness (QED) is 0.169. The third-order valence-corrected chi connectivity index (χ3v) is 9.92. The average molecular weight is 646 g/mol. The molecule has 0 N–H and O–H groups in total. The highest BCUT2D eigenvalue weighted by atomic mass is 15.0. The molecule has 50 heavy (non-hydrogen) atoms. The highest BCUT2D eigenvalue weighted by Gasteiger charge is 2.21. The number of aromatic nitrogens is 2. The van der Waals surface area contributed by atoms with E-state index in [1.165, 1.54) is 0 Å². The number of hydrogen-bond acceptors (Lipinski definition) is 0. The predicted octanol–water partition coefficient (Wildman–Crippen LogP) is 13.0. The van der Waals surface area contributed by atoms with E-state index in [9.17, 15) is 8.22 Å². The monoisotopic (exact) mass is 645 g/mol. The van der Waals surface area contributed by atoms with Gasteiger partial charge in [0.1, 0.15) is 0 Å². The molecule has 2 aromatic heterocycles. The first-order valence-corrected chi connectivity index (χ1v) is 16.4. The largest absolute Gasteiger partial charge is 0.309 e. The Labute approximate surface area is 304 Å². The van der Waals surface area contributed by atoms with E-state index in [4.69, 9.17) is 6.85 Å². The third-order valence-electron chi connectivity index (χ3n) is 9.92. The maximum absolute atomic E-state index is 9.81. The molecular formula is C48H30N2. The highest BCUT2D eigenvalue weighted by molar-refractivity contribution is 6.29. The molecule has 0 aliphatic carbocycles. The minimum absolute atomic E-state index is 0.0667. The van der Waals surface area contributed by atoms with Gasteiger partial charge in [-0.2, -0.15) is 0 Å². The Bertz CT molecular complexity index is 3720. The van der Waals surface area contributed by atoms with Crippen molar-refractivity contribution in [2.24, 2.45) is 0 Å². The lowest BCUT2D eigenvalue weighted by Crippen LogP contribution is -1.95. The summed E-state index contributed by atoms with van der Waals surface area (Å²) in [6, 6.07) is 32.6. The van der Waals surface area contributed by atoms with E-state index in [1.807, 2.05) is 72.8 Å². The van der Waals surface area contributed by atoms with Gasteiger partial charge in [-0.25, -0.2) is 0 Å². The molecule has 2 nitrogen and oxygen atoms in total. The molecular weight excluding hydrogens is 605 g/mol. The van der Waals surface area contributed by atoms with Crippen molar-refractivity contribution < 1.29 is 15.1 Å². The molecule has 0 saturated carbocycles. The number of benzene rings is 9. The zero-order valence-electron chi connectivity index (χ0n) is 37.4. The molecule has 2 heteroatoms. The van der Waals surface area contributed by atoms with E-state index < -0.39 is 24.2 Å². The summed E-state index contributed by atoms with van der Waals surface area (Å²) >= 11 is 0. The van der Waals surface area contributed by atoms with Gasteiger partial charge in [0.05, 0.1) is 37.1 Å². The van der Waals surface area contributed by atoms with Gasteiger partial charge in [0.2, 0.25) is 0 Å². The summed E-state index contributed by atoms with van der Waals surface area (Å²) in [6.45, 7) is 0. The van der Waals surface area contributed by atoms with Crippen molar-refractivity contribution in [2.75, 3.05) is 0 Å².